The van der Waals surface area contributed by atoms with Crippen LogP contribution in [0.2, 0.25) is 5.02 Å². The Bertz CT molecular complexity index is 1570. The molecule has 0 saturated heterocycles. The molecule has 5 aromatic rings. The third-order valence-corrected chi connectivity index (χ3v) is 5.52. The van der Waals surface area contributed by atoms with Crippen LogP contribution < -0.4 is 20.2 Å². The Hall–Kier alpha value is -4.29. The van der Waals surface area contributed by atoms with Crippen molar-refractivity contribution in [3.63, 3.8) is 0 Å². The summed E-state index contributed by atoms with van der Waals surface area (Å²) in [6.45, 7) is -0.202. The van der Waals surface area contributed by atoms with Gasteiger partial charge in [0.25, 0.3) is 5.91 Å². The third-order valence-electron chi connectivity index (χ3n) is 5.20. The van der Waals surface area contributed by atoms with Crippen LogP contribution in [-0.4, -0.2) is 12.5 Å². The number of amides is 1. The fraction of sp³-hybridized carbons (Fsp3) is 0.0370. The SMILES string of the molecule is O=C(COc1ccc2c(=O)c(Oc3ccccc3Cl)coc2c1)Nc1cccc2ccccc12. The maximum atomic E-state index is 12.8. The molecular weight excluding hydrogens is 454 g/mol. The van der Waals surface area contributed by atoms with Crippen LogP contribution in [0.4, 0.5) is 5.69 Å². The zero-order valence-electron chi connectivity index (χ0n) is 17.8. The fourth-order valence-electron chi connectivity index (χ4n) is 3.57. The van der Waals surface area contributed by atoms with E-state index in [1.165, 1.54) is 6.26 Å². The van der Waals surface area contributed by atoms with Crippen molar-refractivity contribution < 1.29 is 18.7 Å². The highest BCUT2D eigenvalue weighted by atomic mass is 35.5. The molecule has 0 bridgehead atoms. The Kier molecular flexibility index (Phi) is 5.89. The van der Waals surface area contributed by atoms with Crippen molar-refractivity contribution >= 4 is 44.9 Å². The van der Waals surface area contributed by atoms with Gasteiger partial charge in [0.2, 0.25) is 11.2 Å². The van der Waals surface area contributed by atoms with E-state index in [1.54, 1.807) is 42.5 Å². The molecule has 1 N–H and O–H groups in total. The highest BCUT2D eigenvalue weighted by Crippen LogP contribution is 2.29. The number of carbonyl (C=O) groups is 1. The van der Waals surface area contributed by atoms with Crippen LogP contribution in [0, 0.1) is 0 Å². The Labute approximate surface area is 199 Å². The van der Waals surface area contributed by atoms with Gasteiger partial charge in [-0.2, -0.15) is 0 Å². The number of ether oxygens (including phenoxy) is 2. The zero-order chi connectivity index (χ0) is 23.5. The first kappa shape index (κ1) is 21.6. The predicted molar refractivity (Wildman–Crippen MR) is 132 cm³/mol. The predicted octanol–water partition coefficient (Wildman–Crippen LogP) is 6.41. The number of hydrogen-bond donors (Lipinski definition) is 1. The molecule has 4 aromatic carbocycles. The minimum Gasteiger partial charge on any atom is -0.484 e. The lowest BCUT2D eigenvalue weighted by Crippen LogP contribution is -2.20. The highest BCUT2D eigenvalue weighted by molar-refractivity contribution is 6.32. The van der Waals surface area contributed by atoms with E-state index in [4.69, 9.17) is 25.5 Å². The molecule has 0 atom stereocenters. The van der Waals surface area contributed by atoms with Crippen LogP contribution in [0.5, 0.6) is 17.2 Å². The summed E-state index contributed by atoms with van der Waals surface area (Å²) in [4.78, 5) is 25.3. The standard InChI is InChI=1S/C27H18ClNO5/c28-21-9-3-4-11-23(21)34-25-15-33-24-14-18(12-13-20(24)27(25)31)32-16-26(30)29-22-10-5-7-17-6-1-2-8-19(17)22/h1-15H,16H2,(H,29,30). The molecule has 1 amide bonds. The van der Waals surface area contributed by atoms with Crippen LogP contribution in [0.15, 0.2) is 100 Å². The van der Waals surface area contributed by atoms with Crippen LogP contribution in [0.1, 0.15) is 0 Å². The first-order valence-electron chi connectivity index (χ1n) is 10.5. The molecule has 34 heavy (non-hydrogen) atoms. The van der Waals surface area contributed by atoms with Crippen molar-refractivity contribution in [2.75, 3.05) is 11.9 Å². The van der Waals surface area contributed by atoms with E-state index in [0.717, 1.165) is 10.8 Å². The Morgan fingerprint density at radius 2 is 1.68 bits per heavy atom. The van der Waals surface area contributed by atoms with Gasteiger partial charge in [-0.3, -0.25) is 9.59 Å². The number of fused-ring (bicyclic) bond motifs is 2. The zero-order valence-corrected chi connectivity index (χ0v) is 18.5. The molecule has 168 valence electrons. The van der Waals surface area contributed by atoms with Gasteiger partial charge in [-0.15, -0.1) is 0 Å². The van der Waals surface area contributed by atoms with E-state index in [1.807, 2.05) is 42.5 Å². The summed E-state index contributed by atoms with van der Waals surface area (Å²) >= 11 is 6.10. The van der Waals surface area contributed by atoms with Gasteiger partial charge >= 0.3 is 0 Å². The van der Waals surface area contributed by atoms with Gasteiger partial charge in [-0.05, 0) is 35.7 Å². The molecule has 0 radical (unpaired) electrons. The van der Waals surface area contributed by atoms with E-state index in [0.29, 0.717) is 33.2 Å². The van der Waals surface area contributed by atoms with Crippen molar-refractivity contribution in [3.05, 3.63) is 106 Å². The first-order chi connectivity index (χ1) is 16.6. The van der Waals surface area contributed by atoms with Gasteiger partial charge in [0.1, 0.15) is 23.3 Å². The van der Waals surface area contributed by atoms with Crippen molar-refractivity contribution in [2.45, 2.75) is 0 Å². The van der Waals surface area contributed by atoms with Crippen molar-refractivity contribution in [2.24, 2.45) is 0 Å². The number of benzene rings is 4. The molecule has 0 aliphatic heterocycles. The Morgan fingerprint density at radius 3 is 2.56 bits per heavy atom. The van der Waals surface area contributed by atoms with Crippen LogP contribution in [0.3, 0.4) is 0 Å². The second kappa shape index (κ2) is 9.29. The summed E-state index contributed by atoms with van der Waals surface area (Å²) < 4.78 is 16.8. The number of hydrogen-bond acceptors (Lipinski definition) is 5. The maximum Gasteiger partial charge on any atom is 0.262 e. The van der Waals surface area contributed by atoms with Gasteiger partial charge < -0.3 is 19.2 Å². The van der Waals surface area contributed by atoms with Gasteiger partial charge in [0.15, 0.2) is 6.61 Å². The Morgan fingerprint density at radius 1 is 0.882 bits per heavy atom. The summed E-state index contributed by atoms with van der Waals surface area (Å²) in [5, 5.41) is 5.55. The van der Waals surface area contributed by atoms with E-state index in [2.05, 4.69) is 5.32 Å². The van der Waals surface area contributed by atoms with Crippen molar-refractivity contribution in [3.8, 4) is 17.2 Å². The number of para-hydroxylation sites is 1. The second-order valence-electron chi connectivity index (χ2n) is 7.48. The molecule has 0 saturated carbocycles. The number of nitrogens with one attached hydrogen (secondary N) is 1. The van der Waals surface area contributed by atoms with Crippen molar-refractivity contribution in [1.82, 2.24) is 0 Å². The topological polar surface area (TPSA) is 77.8 Å². The molecule has 0 aliphatic carbocycles. The normalized spacial score (nSPS) is 10.9. The molecule has 0 spiro atoms. The first-order valence-corrected chi connectivity index (χ1v) is 10.8. The number of carbonyl (C=O) groups excluding carboxylic acids is 1. The van der Waals surface area contributed by atoms with Crippen LogP contribution in [0.25, 0.3) is 21.7 Å². The number of anilines is 1. The molecule has 1 aromatic heterocycles. The smallest absolute Gasteiger partial charge is 0.262 e. The van der Waals surface area contributed by atoms with Gasteiger partial charge in [-0.25, -0.2) is 0 Å². The van der Waals surface area contributed by atoms with E-state index < -0.39 is 0 Å². The molecule has 6 nitrogen and oxygen atoms in total. The van der Waals surface area contributed by atoms with Crippen LogP contribution in [-0.2, 0) is 4.79 Å². The summed E-state index contributed by atoms with van der Waals surface area (Å²) in [5.41, 5.74) is 0.673. The molecule has 5 rings (SSSR count). The van der Waals surface area contributed by atoms with E-state index in [9.17, 15) is 9.59 Å². The largest absolute Gasteiger partial charge is 0.484 e. The monoisotopic (exact) mass is 471 g/mol. The lowest BCUT2D eigenvalue weighted by atomic mass is 10.1. The molecular formula is C27H18ClNO5. The maximum absolute atomic E-state index is 12.8. The molecule has 0 unspecified atom stereocenters. The van der Waals surface area contributed by atoms with Gasteiger partial charge in [0.05, 0.1) is 10.4 Å². The average molecular weight is 472 g/mol. The molecule has 1 heterocycles. The summed E-state index contributed by atoms with van der Waals surface area (Å²) in [7, 11) is 0. The van der Waals surface area contributed by atoms with Crippen LogP contribution >= 0.6 is 11.6 Å². The highest BCUT2D eigenvalue weighted by Gasteiger charge is 2.13. The molecule has 0 aliphatic rings. The summed E-state index contributed by atoms with van der Waals surface area (Å²) in [6.07, 6.45) is 1.23. The minimum atomic E-state index is -0.346. The summed E-state index contributed by atoms with van der Waals surface area (Å²) in [6, 6.07) is 25.1. The average Bonchev–Trinajstić information content (AvgIpc) is 2.86. The Balaban J connectivity index is 1.29. The number of rotatable bonds is 6. The molecule has 7 heteroatoms. The fourth-order valence-corrected chi connectivity index (χ4v) is 3.74. The lowest BCUT2D eigenvalue weighted by Gasteiger charge is -2.10. The summed E-state index contributed by atoms with van der Waals surface area (Å²) in [5.74, 6) is 0.460. The second-order valence-corrected chi connectivity index (χ2v) is 7.89. The van der Waals surface area contributed by atoms with Crippen molar-refractivity contribution in [1.29, 1.82) is 0 Å². The van der Waals surface area contributed by atoms with E-state index in [-0.39, 0.29) is 23.7 Å². The van der Waals surface area contributed by atoms with Gasteiger partial charge in [-0.1, -0.05) is 60.1 Å². The van der Waals surface area contributed by atoms with E-state index >= 15 is 0 Å². The number of halogens is 1. The quantitative estimate of drug-likeness (QED) is 0.309. The molecule has 0 fully saturated rings. The lowest BCUT2D eigenvalue weighted by molar-refractivity contribution is -0.118. The minimum absolute atomic E-state index is 0.0173. The van der Waals surface area contributed by atoms with Gasteiger partial charge in [0, 0.05) is 17.1 Å². The third kappa shape index (κ3) is 4.44.